The summed E-state index contributed by atoms with van der Waals surface area (Å²) in [4.78, 5) is 39.4. The molecule has 1 aromatic carbocycles. The summed E-state index contributed by atoms with van der Waals surface area (Å²) in [7, 11) is 1.57. The lowest BCUT2D eigenvalue weighted by atomic mass is 9.95. The van der Waals surface area contributed by atoms with Crippen LogP contribution in [0.1, 0.15) is 82.9 Å². The van der Waals surface area contributed by atoms with E-state index < -0.39 is 12.0 Å². The Balaban J connectivity index is 1.94. The number of hydrogen-bond donors (Lipinski definition) is 3. The minimum absolute atomic E-state index is 0.168. The van der Waals surface area contributed by atoms with Gasteiger partial charge in [0.25, 0.3) is 5.56 Å². The summed E-state index contributed by atoms with van der Waals surface area (Å²) in [5, 5.41) is 13.4. The van der Waals surface area contributed by atoms with E-state index in [0.717, 1.165) is 42.6 Å². The molecule has 9 nitrogen and oxygen atoms in total. The van der Waals surface area contributed by atoms with Crippen LogP contribution < -0.4 is 20.5 Å². The molecule has 0 saturated heterocycles. The fraction of sp³-hybridized carbons (Fsp3) is 0.484. The lowest BCUT2D eigenvalue weighted by molar-refractivity contribution is -0.137. The van der Waals surface area contributed by atoms with Crippen LogP contribution in [0.15, 0.2) is 41.5 Å². The van der Waals surface area contributed by atoms with Gasteiger partial charge in [-0.25, -0.2) is 9.78 Å². The van der Waals surface area contributed by atoms with Gasteiger partial charge in [0, 0.05) is 43.0 Å². The molecule has 0 saturated carbocycles. The molecule has 40 heavy (non-hydrogen) atoms. The second-order valence-corrected chi connectivity index (χ2v) is 10.2. The number of hydrogen-bond acceptors (Lipinski definition) is 7. The maximum atomic E-state index is 12.7. The molecule has 2 aromatic heterocycles. The molecule has 3 N–H and O–H groups in total. The molecule has 0 unspecified atom stereocenters. The number of ether oxygens (including phenoxy) is 1. The molecular weight excluding hydrogens is 506 g/mol. The molecule has 0 radical (unpaired) electrons. The van der Waals surface area contributed by atoms with E-state index in [1.54, 1.807) is 13.3 Å². The number of aromatic nitrogens is 3. The second kappa shape index (κ2) is 14.0. The van der Waals surface area contributed by atoms with Crippen molar-refractivity contribution in [3.05, 3.63) is 63.7 Å². The Hall–Kier alpha value is -3.88. The predicted molar refractivity (Wildman–Crippen MR) is 161 cm³/mol. The third-order valence-corrected chi connectivity index (χ3v) is 7.47. The zero-order valence-electron chi connectivity index (χ0n) is 24.7. The number of aromatic amines is 1. The molecule has 216 valence electrons. The summed E-state index contributed by atoms with van der Waals surface area (Å²) in [6.07, 6.45) is 5.58. The van der Waals surface area contributed by atoms with Crippen LogP contribution in [0.5, 0.6) is 5.75 Å². The number of anilines is 2. The van der Waals surface area contributed by atoms with Crippen molar-refractivity contribution in [3.8, 4) is 16.9 Å². The molecule has 2 heterocycles. The van der Waals surface area contributed by atoms with Crippen molar-refractivity contribution in [3.63, 3.8) is 0 Å². The highest BCUT2D eigenvalue weighted by molar-refractivity contribution is 5.78. The zero-order chi connectivity index (χ0) is 29.4. The van der Waals surface area contributed by atoms with Gasteiger partial charge in [0.2, 0.25) is 5.95 Å². The van der Waals surface area contributed by atoms with Gasteiger partial charge in [-0.1, -0.05) is 52.0 Å². The van der Waals surface area contributed by atoms with Crippen LogP contribution in [-0.4, -0.2) is 52.3 Å². The van der Waals surface area contributed by atoms with E-state index in [9.17, 15) is 14.7 Å². The lowest BCUT2D eigenvalue weighted by Crippen LogP contribution is -2.33. The van der Waals surface area contributed by atoms with Crippen LogP contribution in [0.2, 0.25) is 0 Å². The molecule has 1 atom stereocenters. The van der Waals surface area contributed by atoms with Crippen LogP contribution in [-0.2, 0) is 11.2 Å². The van der Waals surface area contributed by atoms with Gasteiger partial charge in [-0.3, -0.25) is 4.79 Å². The van der Waals surface area contributed by atoms with Crippen molar-refractivity contribution < 1.29 is 14.6 Å². The minimum atomic E-state index is -0.967. The number of rotatable bonds is 14. The molecule has 9 heteroatoms. The SMILES string of the molecule is CCC(CC)c1cnc(N(CC)CC)nc1N[C@@H](Cc1ccc(-c2c(OC)c(C(C)C)c[nH]c2=O)cc1)C(=O)O. The average Bonchev–Trinajstić information content (AvgIpc) is 2.95. The molecule has 3 rings (SSSR count). The number of carbonyl (C=O) groups is 1. The fourth-order valence-electron chi connectivity index (χ4n) is 5.03. The number of carboxylic acid groups (broad SMARTS) is 1. The first-order valence-corrected chi connectivity index (χ1v) is 14.2. The number of benzene rings is 1. The summed E-state index contributed by atoms with van der Waals surface area (Å²) < 4.78 is 5.63. The van der Waals surface area contributed by atoms with Crippen molar-refractivity contribution in [2.24, 2.45) is 0 Å². The first kappa shape index (κ1) is 30.7. The molecule has 0 aliphatic rings. The van der Waals surface area contributed by atoms with Gasteiger partial charge >= 0.3 is 5.97 Å². The monoisotopic (exact) mass is 549 g/mol. The maximum absolute atomic E-state index is 12.7. The highest BCUT2D eigenvalue weighted by Crippen LogP contribution is 2.34. The number of carboxylic acids is 1. The first-order chi connectivity index (χ1) is 19.2. The molecule has 3 aromatic rings. The molecule has 0 aliphatic heterocycles. The van der Waals surface area contributed by atoms with Gasteiger partial charge in [-0.15, -0.1) is 0 Å². The van der Waals surface area contributed by atoms with Gasteiger partial charge in [-0.05, 0) is 49.7 Å². The quantitative estimate of drug-likeness (QED) is 0.230. The van der Waals surface area contributed by atoms with Crippen molar-refractivity contribution in [1.29, 1.82) is 0 Å². The second-order valence-electron chi connectivity index (χ2n) is 10.2. The first-order valence-electron chi connectivity index (χ1n) is 14.2. The maximum Gasteiger partial charge on any atom is 0.326 e. The largest absolute Gasteiger partial charge is 0.496 e. The van der Waals surface area contributed by atoms with Crippen LogP contribution >= 0.6 is 0 Å². The number of pyridine rings is 1. The van der Waals surface area contributed by atoms with E-state index in [2.05, 4.69) is 29.1 Å². The third-order valence-electron chi connectivity index (χ3n) is 7.47. The van der Waals surface area contributed by atoms with E-state index in [-0.39, 0.29) is 23.8 Å². The average molecular weight is 550 g/mol. The Morgan fingerprint density at radius 2 is 1.73 bits per heavy atom. The zero-order valence-corrected chi connectivity index (χ0v) is 24.7. The summed E-state index contributed by atoms with van der Waals surface area (Å²) >= 11 is 0. The fourth-order valence-corrected chi connectivity index (χ4v) is 5.03. The normalized spacial score (nSPS) is 12.0. The molecular formula is C31H43N5O4. The number of methoxy groups -OCH3 is 1. The molecule has 0 amide bonds. The summed E-state index contributed by atoms with van der Waals surface area (Å²) in [6.45, 7) is 13.9. The Labute approximate surface area is 237 Å². The number of aliphatic carboxylic acids is 1. The van der Waals surface area contributed by atoms with Crippen molar-refractivity contribution >= 4 is 17.7 Å². The van der Waals surface area contributed by atoms with Gasteiger partial charge in [0.1, 0.15) is 17.6 Å². The Morgan fingerprint density at radius 1 is 1.07 bits per heavy atom. The standard InChI is InChI=1S/C31H43N5O4/c1-8-21(9-2)24-18-33-31(36(10-3)11-4)35-28(24)34-25(30(38)39)16-20-12-14-22(15-13-20)26-27(40-7)23(19(5)6)17-32-29(26)37/h12-15,17-19,21,25H,8-11,16H2,1-7H3,(H,32,37)(H,38,39)(H,33,34,35)/t25-/m0/s1. The number of nitrogens with zero attached hydrogens (tertiary/aromatic N) is 3. The van der Waals surface area contributed by atoms with E-state index >= 15 is 0 Å². The predicted octanol–water partition coefficient (Wildman–Crippen LogP) is 5.82. The van der Waals surface area contributed by atoms with Gasteiger partial charge in [-0.2, -0.15) is 4.98 Å². The van der Waals surface area contributed by atoms with Gasteiger partial charge in [0.05, 0.1) is 12.7 Å². The highest BCUT2D eigenvalue weighted by Gasteiger charge is 2.24. The third kappa shape index (κ3) is 6.81. The lowest BCUT2D eigenvalue weighted by Gasteiger charge is -2.24. The Bertz CT molecular complexity index is 1330. The summed E-state index contributed by atoms with van der Waals surface area (Å²) in [6, 6.07) is 6.49. The summed E-state index contributed by atoms with van der Waals surface area (Å²) in [5.74, 6) is 1.12. The summed E-state index contributed by atoms with van der Waals surface area (Å²) in [5.41, 5.74) is 3.60. The number of nitrogens with one attached hydrogen (secondary N) is 2. The minimum Gasteiger partial charge on any atom is -0.496 e. The molecule has 0 spiro atoms. The number of H-pyrrole nitrogens is 1. The molecule has 0 bridgehead atoms. The topological polar surface area (TPSA) is 120 Å². The van der Waals surface area contributed by atoms with Crippen LogP contribution in [0.25, 0.3) is 11.1 Å². The highest BCUT2D eigenvalue weighted by atomic mass is 16.5. The Morgan fingerprint density at radius 3 is 2.25 bits per heavy atom. The molecule has 0 fully saturated rings. The van der Waals surface area contributed by atoms with Crippen molar-refractivity contribution in [1.82, 2.24) is 15.0 Å². The molecule has 0 aliphatic carbocycles. The van der Waals surface area contributed by atoms with Crippen LogP contribution in [0.4, 0.5) is 11.8 Å². The van der Waals surface area contributed by atoms with E-state index in [1.807, 2.05) is 63.1 Å². The van der Waals surface area contributed by atoms with E-state index in [1.165, 1.54) is 0 Å². The Kier molecular flexibility index (Phi) is 10.7. The smallest absolute Gasteiger partial charge is 0.326 e. The van der Waals surface area contributed by atoms with Gasteiger partial charge < -0.3 is 25.0 Å². The van der Waals surface area contributed by atoms with E-state index in [0.29, 0.717) is 28.6 Å². The van der Waals surface area contributed by atoms with Crippen molar-refractivity contribution in [2.75, 3.05) is 30.4 Å². The van der Waals surface area contributed by atoms with Crippen LogP contribution in [0, 0.1) is 0 Å². The van der Waals surface area contributed by atoms with Crippen LogP contribution in [0.3, 0.4) is 0 Å². The van der Waals surface area contributed by atoms with E-state index in [4.69, 9.17) is 9.72 Å². The van der Waals surface area contributed by atoms with Crippen molar-refractivity contribution in [2.45, 2.75) is 78.7 Å². The van der Waals surface area contributed by atoms with Gasteiger partial charge in [0.15, 0.2) is 0 Å².